The standard InChI is InChI=1S/C16H17N/c1-16(2,3)17-14-10-6-4-8-12(14)13-9-5-7-11-15(13)17/h4-11H,1-3H3/i4D,5D,6D,7D,8D,9D,10D,11D. The first-order chi connectivity index (χ1) is 11.4. The highest BCUT2D eigenvalue weighted by molar-refractivity contribution is 6.08. The van der Waals surface area contributed by atoms with Crippen LogP contribution in [0.1, 0.15) is 31.7 Å². The van der Waals surface area contributed by atoms with Crippen LogP contribution in [0.3, 0.4) is 0 Å². The Balaban J connectivity index is 2.87. The molecule has 0 saturated carbocycles. The summed E-state index contributed by atoms with van der Waals surface area (Å²) in [6.07, 6.45) is 0. The van der Waals surface area contributed by atoms with Gasteiger partial charge in [0.2, 0.25) is 0 Å². The fourth-order valence-electron chi connectivity index (χ4n) is 2.09. The Morgan fingerprint density at radius 3 is 1.65 bits per heavy atom. The Kier molecular flexibility index (Phi) is 0.960. The molecule has 1 heteroatoms. The van der Waals surface area contributed by atoms with Crippen molar-refractivity contribution >= 4 is 21.8 Å². The van der Waals surface area contributed by atoms with Gasteiger partial charge in [-0.2, -0.15) is 0 Å². The SMILES string of the molecule is [2H]c1c([2H])c([2H])c2c(c1[2H])c1c([2H])c([2H])c([2H])c([2H])c1n2C(C)(C)C. The monoisotopic (exact) mass is 231 g/mol. The maximum Gasteiger partial charge on any atom is 0.0645 e. The Hall–Kier alpha value is -1.76. The second-order valence-corrected chi connectivity index (χ2v) is 4.95. The van der Waals surface area contributed by atoms with Crippen molar-refractivity contribution in [3.8, 4) is 0 Å². The van der Waals surface area contributed by atoms with E-state index in [1.54, 1.807) is 4.57 Å². The van der Waals surface area contributed by atoms with Crippen molar-refractivity contribution in [1.82, 2.24) is 4.57 Å². The van der Waals surface area contributed by atoms with Crippen LogP contribution in [-0.4, -0.2) is 4.57 Å². The van der Waals surface area contributed by atoms with Gasteiger partial charge < -0.3 is 4.57 Å². The van der Waals surface area contributed by atoms with Crippen molar-refractivity contribution in [1.29, 1.82) is 0 Å². The summed E-state index contributed by atoms with van der Waals surface area (Å²) in [5.41, 5.74) is -0.266. The average molecular weight is 231 g/mol. The minimum Gasteiger partial charge on any atom is -0.335 e. The summed E-state index contributed by atoms with van der Waals surface area (Å²) < 4.78 is 66.5. The summed E-state index contributed by atoms with van der Waals surface area (Å²) in [4.78, 5) is 0. The molecule has 3 rings (SSSR count). The van der Waals surface area contributed by atoms with Crippen molar-refractivity contribution in [2.24, 2.45) is 0 Å². The van der Waals surface area contributed by atoms with Crippen molar-refractivity contribution in [3.05, 3.63) is 48.3 Å². The predicted molar refractivity (Wildman–Crippen MR) is 74.4 cm³/mol. The quantitative estimate of drug-likeness (QED) is 0.535. The Labute approximate surface area is 113 Å². The zero-order valence-corrected chi connectivity index (χ0v) is 9.95. The number of hydrogen-bond donors (Lipinski definition) is 0. The average Bonchev–Trinajstić information content (AvgIpc) is 2.90. The van der Waals surface area contributed by atoms with Gasteiger partial charge in [0.25, 0.3) is 0 Å². The molecule has 1 nitrogen and oxygen atoms in total. The molecule has 0 aliphatic carbocycles. The third-order valence-electron chi connectivity index (χ3n) is 2.70. The molecule has 0 saturated heterocycles. The van der Waals surface area contributed by atoms with E-state index in [4.69, 9.17) is 11.0 Å². The first-order valence-electron chi connectivity index (χ1n) is 9.42. The number of benzene rings is 2. The molecule has 3 aromatic rings. The van der Waals surface area contributed by atoms with Crippen LogP contribution in [0.15, 0.2) is 48.3 Å². The molecule has 0 fully saturated rings. The van der Waals surface area contributed by atoms with Crippen LogP contribution >= 0.6 is 0 Å². The number of fused-ring (bicyclic) bond motifs is 3. The fraction of sp³-hybridized carbons (Fsp3) is 0.250. The van der Waals surface area contributed by atoms with E-state index in [2.05, 4.69) is 0 Å². The van der Waals surface area contributed by atoms with Crippen LogP contribution in [0.2, 0.25) is 0 Å². The molecule has 0 amide bonds. The van der Waals surface area contributed by atoms with Gasteiger partial charge in [-0.05, 0) is 32.9 Å². The van der Waals surface area contributed by atoms with Gasteiger partial charge in [0.15, 0.2) is 0 Å². The number of hydrogen-bond acceptors (Lipinski definition) is 0. The smallest absolute Gasteiger partial charge is 0.0645 e. The van der Waals surface area contributed by atoms with Crippen LogP contribution in [0, 0.1) is 0 Å². The molecule has 1 heterocycles. The minimum atomic E-state index is -0.656. The summed E-state index contributed by atoms with van der Waals surface area (Å²) in [5, 5.41) is 0.255. The normalized spacial score (nSPS) is 19.0. The van der Waals surface area contributed by atoms with Gasteiger partial charge in [-0.15, -0.1) is 0 Å². The predicted octanol–water partition coefficient (Wildman–Crippen LogP) is 4.55. The van der Waals surface area contributed by atoms with E-state index < -0.39 is 17.6 Å². The molecule has 1 aromatic heterocycles. The lowest BCUT2D eigenvalue weighted by atomic mass is 10.1. The summed E-state index contributed by atoms with van der Waals surface area (Å²) in [7, 11) is 0. The number of nitrogens with zero attached hydrogens (tertiary/aromatic N) is 1. The van der Waals surface area contributed by atoms with Gasteiger partial charge in [0, 0.05) is 27.3 Å². The van der Waals surface area contributed by atoms with Gasteiger partial charge in [-0.1, -0.05) is 36.3 Å². The van der Waals surface area contributed by atoms with Gasteiger partial charge in [0.05, 0.1) is 11.0 Å². The number of para-hydroxylation sites is 2. The molecular formula is C16H17N. The molecule has 0 aliphatic rings. The summed E-state index contributed by atoms with van der Waals surface area (Å²) >= 11 is 0. The highest BCUT2D eigenvalue weighted by Gasteiger charge is 2.19. The molecule has 86 valence electrons. The van der Waals surface area contributed by atoms with Crippen LogP contribution in [0.25, 0.3) is 21.8 Å². The second-order valence-electron chi connectivity index (χ2n) is 4.95. The molecular weight excluding hydrogens is 206 g/mol. The number of aromatic nitrogens is 1. The van der Waals surface area contributed by atoms with E-state index in [0.29, 0.717) is 0 Å². The molecule has 0 bridgehead atoms. The molecule has 0 radical (unpaired) electrons. The van der Waals surface area contributed by atoms with Gasteiger partial charge in [-0.25, -0.2) is 0 Å². The van der Waals surface area contributed by atoms with E-state index in [1.807, 2.05) is 20.8 Å². The fourth-order valence-corrected chi connectivity index (χ4v) is 2.09. The van der Waals surface area contributed by atoms with E-state index in [0.717, 1.165) is 0 Å². The maximum atomic E-state index is 8.30. The third-order valence-corrected chi connectivity index (χ3v) is 2.70. The summed E-state index contributed by atoms with van der Waals surface area (Å²) in [6.45, 7) is 5.48. The van der Waals surface area contributed by atoms with Crippen LogP contribution in [0.5, 0.6) is 0 Å². The molecule has 0 aliphatic heterocycles. The van der Waals surface area contributed by atoms with Crippen molar-refractivity contribution < 1.29 is 11.0 Å². The van der Waals surface area contributed by atoms with Crippen molar-refractivity contribution in [2.45, 2.75) is 26.3 Å². The van der Waals surface area contributed by atoms with E-state index >= 15 is 0 Å². The largest absolute Gasteiger partial charge is 0.335 e. The van der Waals surface area contributed by atoms with E-state index in [-0.39, 0.29) is 58.1 Å². The summed E-state index contributed by atoms with van der Waals surface area (Å²) in [5.74, 6) is 0. The Morgan fingerprint density at radius 2 is 1.24 bits per heavy atom. The Morgan fingerprint density at radius 1 is 0.824 bits per heavy atom. The minimum absolute atomic E-state index is 0.128. The second kappa shape index (κ2) is 3.36. The van der Waals surface area contributed by atoms with Crippen LogP contribution < -0.4 is 0 Å². The lowest BCUT2D eigenvalue weighted by Crippen LogP contribution is -2.21. The van der Waals surface area contributed by atoms with Crippen molar-refractivity contribution in [3.63, 3.8) is 0 Å². The van der Waals surface area contributed by atoms with Gasteiger partial charge in [-0.3, -0.25) is 0 Å². The van der Waals surface area contributed by atoms with Gasteiger partial charge >= 0.3 is 0 Å². The molecule has 0 spiro atoms. The third kappa shape index (κ3) is 1.46. The lowest BCUT2D eigenvalue weighted by molar-refractivity contribution is 0.423. The topological polar surface area (TPSA) is 4.93 Å². The molecule has 0 atom stereocenters. The Bertz CT molecular complexity index is 982. The zero-order chi connectivity index (χ0) is 19.0. The molecule has 2 aromatic carbocycles. The summed E-state index contributed by atoms with van der Waals surface area (Å²) in [6, 6.07) is -2.71. The molecule has 0 N–H and O–H groups in total. The van der Waals surface area contributed by atoms with Crippen LogP contribution in [-0.2, 0) is 5.54 Å². The highest BCUT2D eigenvalue weighted by atomic mass is 15.0. The number of rotatable bonds is 0. The lowest BCUT2D eigenvalue weighted by Gasteiger charge is -2.24. The van der Waals surface area contributed by atoms with Crippen molar-refractivity contribution in [2.75, 3.05) is 0 Å². The van der Waals surface area contributed by atoms with E-state index in [1.165, 1.54) is 0 Å². The molecule has 0 unspecified atom stereocenters. The van der Waals surface area contributed by atoms with Crippen LogP contribution in [0.4, 0.5) is 0 Å². The first-order valence-corrected chi connectivity index (χ1v) is 5.42. The maximum absolute atomic E-state index is 8.30. The van der Waals surface area contributed by atoms with Gasteiger partial charge in [0.1, 0.15) is 0 Å². The zero-order valence-electron chi connectivity index (χ0n) is 17.9. The van der Waals surface area contributed by atoms with E-state index in [9.17, 15) is 0 Å². The highest BCUT2D eigenvalue weighted by Crippen LogP contribution is 2.33. The molecule has 17 heavy (non-hydrogen) atoms. The first kappa shape index (κ1) is 4.85.